The van der Waals surface area contributed by atoms with Gasteiger partial charge in [-0.15, -0.1) is 0 Å². The average Bonchev–Trinajstić information content (AvgIpc) is 2.73. The van der Waals surface area contributed by atoms with Crippen molar-refractivity contribution in [3.05, 3.63) is 28.4 Å². The molecule has 0 spiro atoms. The highest BCUT2D eigenvalue weighted by atomic mass is 16.4. The number of aromatic nitrogens is 2. The second-order valence-electron chi connectivity index (χ2n) is 4.44. The first kappa shape index (κ1) is 12.3. The third kappa shape index (κ3) is 1.87. The van der Waals surface area contributed by atoms with E-state index in [0.29, 0.717) is 19.4 Å². The van der Waals surface area contributed by atoms with E-state index >= 15 is 0 Å². The smallest absolute Gasteiger partial charge is 0.329 e. The van der Waals surface area contributed by atoms with Crippen LogP contribution in [0.15, 0.2) is 17.2 Å². The number of nitrogens with one attached hydrogen (secondary N) is 1. The Labute approximate surface area is 102 Å². The third-order valence-corrected chi connectivity index (χ3v) is 3.24. The minimum atomic E-state index is -1.20. The summed E-state index contributed by atoms with van der Waals surface area (Å²) in [5.74, 6) is -1.51. The number of hydrogen-bond donors (Lipinski definition) is 2. The standard InChI is InChI=1S/C11H13N3O4/c1-11(10(17)18)3-2-4-14(11)9(16)7-5-13-8(15)6-12-7/h5-6H,2-4H2,1H3,(H,13,15)(H,17,18). The van der Waals surface area contributed by atoms with Gasteiger partial charge in [-0.3, -0.25) is 9.59 Å². The lowest BCUT2D eigenvalue weighted by molar-refractivity contribution is -0.147. The Kier molecular flexibility index (Phi) is 2.90. The summed E-state index contributed by atoms with van der Waals surface area (Å²) in [6.45, 7) is 1.90. The second kappa shape index (κ2) is 4.25. The number of H-pyrrole nitrogens is 1. The van der Waals surface area contributed by atoms with E-state index in [4.69, 9.17) is 0 Å². The molecule has 1 aliphatic heterocycles. The Morgan fingerprint density at radius 1 is 1.56 bits per heavy atom. The Morgan fingerprint density at radius 2 is 2.28 bits per heavy atom. The van der Waals surface area contributed by atoms with Gasteiger partial charge in [0.2, 0.25) is 0 Å². The van der Waals surface area contributed by atoms with E-state index in [1.807, 2.05) is 0 Å². The SMILES string of the molecule is CC1(C(=O)O)CCCN1C(=O)c1c[nH]c(=O)cn1. The molecule has 1 aromatic heterocycles. The molecule has 0 aromatic carbocycles. The van der Waals surface area contributed by atoms with Crippen LogP contribution in [-0.2, 0) is 4.79 Å². The van der Waals surface area contributed by atoms with Crippen LogP contribution in [0, 0.1) is 0 Å². The quantitative estimate of drug-likeness (QED) is 0.760. The summed E-state index contributed by atoms with van der Waals surface area (Å²) >= 11 is 0. The van der Waals surface area contributed by atoms with E-state index in [2.05, 4.69) is 9.97 Å². The summed E-state index contributed by atoms with van der Waals surface area (Å²) in [6, 6.07) is 0. The van der Waals surface area contributed by atoms with Gasteiger partial charge in [-0.2, -0.15) is 0 Å². The van der Waals surface area contributed by atoms with Crippen LogP contribution >= 0.6 is 0 Å². The molecule has 1 amide bonds. The van der Waals surface area contributed by atoms with Crippen LogP contribution in [0.25, 0.3) is 0 Å². The van der Waals surface area contributed by atoms with E-state index in [9.17, 15) is 19.5 Å². The lowest BCUT2D eigenvalue weighted by Gasteiger charge is -2.30. The van der Waals surface area contributed by atoms with Crippen LogP contribution in [0.1, 0.15) is 30.3 Å². The second-order valence-corrected chi connectivity index (χ2v) is 4.44. The summed E-state index contributed by atoms with van der Waals surface area (Å²) in [5, 5.41) is 9.21. The molecule has 7 nitrogen and oxygen atoms in total. The van der Waals surface area contributed by atoms with Crippen molar-refractivity contribution in [2.75, 3.05) is 6.54 Å². The molecule has 1 saturated heterocycles. The topological polar surface area (TPSA) is 103 Å². The van der Waals surface area contributed by atoms with Crippen molar-refractivity contribution >= 4 is 11.9 Å². The fourth-order valence-corrected chi connectivity index (χ4v) is 2.11. The number of aromatic amines is 1. The van der Waals surface area contributed by atoms with Crippen LogP contribution in [-0.4, -0.2) is 43.9 Å². The van der Waals surface area contributed by atoms with Crippen molar-refractivity contribution in [3.8, 4) is 0 Å². The number of carboxylic acids is 1. The lowest BCUT2D eigenvalue weighted by Crippen LogP contribution is -2.51. The number of carboxylic acid groups (broad SMARTS) is 1. The molecule has 2 rings (SSSR count). The van der Waals surface area contributed by atoms with Gasteiger partial charge in [-0.1, -0.05) is 0 Å². The monoisotopic (exact) mass is 251 g/mol. The maximum atomic E-state index is 12.2. The van der Waals surface area contributed by atoms with Gasteiger partial charge in [-0.25, -0.2) is 9.78 Å². The Balaban J connectivity index is 2.31. The molecule has 0 aliphatic carbocycles. The minimum Gasteiger partial charge on any atom is -0.480 e. The first-order valence-corrected chi connectivity index (χ1v) is 5.55. The molecule has 2 heterocycles. The zero-order chi connectivity index (χ0) is 13.3. The van der Waals surface area contributed by atoms with Crippen molar-refractivity contribution in [1.29, 1.82) is 0 Å². The number of nitrogens with zero attached hydrogens (tertiary/aromatic N) is 2. The van der Waals surface area contributed by atoms with Gasteiger partial charge in [0.25, 0.3) is 11.5 Å². The molecule has 96 valence electrons. The van der Waals surface area contributed by atoms with E-state index in [-0.39, 0.29) is 5.69 Å². The molecular formula is C11H13N3O4. The van der Waals surface area contributed by atoms with E-state index in [0.717, 1.165) is 6.20 Å². The van der Waals surface area contributed by atoms with Crippen LogP contribution in [0.3, 0.4) is 0 Å². The molecule has 1 atom stereocenters. The van der Waals surface area contributed by atoms with Gasteiger partial charge >= 0.3 is 5.97 Å². The summed E-state index contributed by atoms with van der Waals surface area (Å²) in [5.41, 5.74) is -1.56. The summed E-state index contributed by atoms with van der Waals surface area (Å²) in [7, 11) is 0. The molecule has 1 aromatic rings. The van der Waals surface area contributed by atoms with Crippen molar-refractivity contribution in [3.63, 3.8) is 0 Å². The van der Waals surface area contributed by atoms with Crippen LogP contribution in [0.5, 0.6) is 0 Å². The highest BCUT2D eigenvalue weighted by molar-refractivity contribution is 5.96. The number of rotatable bonds is 2. The number of carbonyl (C=O) groups excluding carboxylic acids is 1. The van der Waals surface area contributed by atoms with Gasteiger partial charge in [0.1, 0.15) is 11.2 Å². The van der Waals surface area contributed by atoms with Gasteiger partial charge in [-0.05, 0) is 19.8 Å². The van der Waals surface area contributed by atoms with Gasteiger partial charge in [0.15, 0.2) is 0 Å². The highest BCUT2D eigenvalue weighted by Crippen LogP contribution is 2.30. The normalized spacial score (nSPS) is 23.1. The molecule has 0 radical (unpaired) electrons. The maximum Gasteiger partial charge on any atom is 0.329 e. The molecule has 0 saturated carbocycles. The van der Waals surface area contributed by atoms with Crippen LogP contribution in [0.4, 0.5) is 0 Å². The van der Waals surface area contributed by atoms with Gasteiger partial charge in [0, 0.05) is 12.7 Å². The average molecular weight is 251 g/mol. The van der Waals surface area contributed by atoms with E-state index in [1.54, 1.807) is 0 Å². The van der Waals surface area contributed by atoms with Crippen molar-refractivity contribution in [2.24, 2.45) is 0 Å². The van der Waals surface area contributed by atoms with Crippen molar-refractivity contribution in [2.45, 2.75) is 25.3 Å². The van der Waals surface area contributed by atoms with Gasteiger partial charge < -0.3 is 15.0 Å². The Bertz CT molecular complexity index is 533. The zero-order valence-electron chi connectivity index (χ0n) is 9.84. The molecule has 1 fully saturated rings. The Hall–Kier alpha value is -2.18. The Morgan fingerprint density at radius 3 is 2.83 bits per heavy atom. The molecule has 1 aliphatic rings. The number of hydrogen-bond acceptors (Lipinski definition) is 4. The van der Waals surface area contributed by atoms with Crippen molar-refractivity contribution in [1.82, 2.24) is 14.9 Å². The predicted molar refractivity (Wildman–Crippen MR) is 61.2 cm³/mol. The predicted octanol–water partition coefficient (Wildman–Crippen LogP) is -0.151. The largest absolute Gasteiger partial charge is 0.480 e. The molecule has 1 unspecified atom stereocenters. The van der Waals surface area contributed by atoms with Crippen LogP contribution < -0.4 is 5.56 Å². The maximum absolute atomic E-state index is 12.2. The number of amides is 1. The number of likely N-dealkylation sites (tertiary alicyclic amines) is 1. The van der Waals surface area contributed by atoms with E-state index in [1.165, 1.54) is 18.0 Å². The molecule has 0 bridgehead atoms. The number of aliphatic carboxylic acids is 1. The van der Waals surface area contributed by atoms with E-state index < -0.39 is 23.0 Å². The van der Waals surface area contributed by atoms with Crippen molar-refractivity contribution < 1.29 is 14.7 Å². The first-order valence-electron chi connectivity index (χ1n) is 5.55. The lowest BCUT2D eigenvalue weighted by atomic mass is 9.99. The first-order chi connectivity index (χ1) is 8.45. The zero-order valence-corrected chi connectivity index (χ0v) is 9.84. The third-order valence-electron chi connectivity index (χ3n) is 3.24. The summed E-state index contributed by atoms with van der Waals surface area (Å²) in [4.78, 5) is 41.6. The van der Waals surface area contributed by atoms with Gasteiger partial charge in [0.05, 0.1) is 6.20 Å². The summed E-state index contributed by atoms with van der Waals surface area (Å²) in [6.07, 6.45) is 3.25. The molecular weight excluding hydrogens is 238 g/mol. The fourth-order valence-electron chi connectivity index (χ4n) is 2.11. The fraction of sp³-hybridized carbons (Fsp3) is 0.455. The highest BCUT2D eigenvalue weighted by Gasteiger charge is 2.46. The molecule has 2 N–H and O–H groups in total. The minimum absolute atomic E-state index is 0.0453. The molecule has 18 heavy (non-hydrogen) atoms. The summed E-state index contributed by atoms with van der Waals surface area (Å²) < 4.78 is 0. The molecule has 7 heteroatoms. The number of carbonyl (C=O) groups is 2. The van der Waals surface area contributed by atoms with Crippen LogP contribution in [0.2, 0.25) is 0 Å².